The summed E-state index contributed by atoms with van der Waals surface area (Å²) in [5.41, 5.74) is 0. The normalized spacial score (nSPS) is 19.0. The predicted molar refractivity (Wildman–Crippen MR) is 82.8 cm³/mol. The maximum Gasteiger partial charge on any atom is 0.334 e. The van der Waals surface area contributed by atoms with Crippen molar-refractivity contribution in [1.82, 2.24) is 9.80 Å². The first-order chi connectivity index (χ1) is 11.2. The molecule has 1 aromatic carbocycles. The molecule has 0 radical (unpaired) electrons. The number of nitrogens with zero attached hydrogens (tertiary/aromatic N) is 2. The van der Waals surface area contributed by atoms with E-state index in [0.717, 1.165) is 41.2 Å². The first-order valence-electron chi connectivity index (χ1n) is 8.05. The van der Waals surface area contributed by atoms with Gasteiger partial charge in [0.15, 0.2) is 0 Å². The van der Waals surface area contributed by atoms with Gasteiger partial charge in [0.25, 0.3) is 0 Å². The van der Waals surface area contributed by atoms with Gasteiger partial charge >= 0.3 is 17.8 Å². The van der Waals surface area contributed by atoms with Crippen LogP contribution in [0.5, 0.6) is 5.75 Å². The van der Waals surface area contributed by atoms with Crippen LogP contribution in [0.1, 0.15) is 32.1 Å². The first-order valence-corrected chi connectivity index (χ1v) is 8.05. The summed E-state index contributed by atoms with van der Waals surface area (Å²) in [5, 5.41) is 0. The van der Waals surface area contributed by atoms with Gasteiger partial charge in [-0.2, -0.15) is 0 Å². The molecule has 0 bridgehead atoms. The van der Waals surface area contributed by atoms with Crippen molar-refractivity contribution in [1.29, 1.82) is 0 Å². The zero-order valence-electron chi connectivity index (χ0n) is 12.9. The summed E-state index contributed by atoms with van der Waals surface area (Å²) in [5.74, 6) is -0.636. The molecule has 0 aromatic heterocycles. The average molecular weight is 316 g/mol. The molecule has 6 nitrogen and oxygen atoms in total. The van der Waals surface area contributed by atoms with E-state index in [2.05, 4.69) is 0 Å². The maximum atomic E-state index is 12.3. The van der Waals surface area contributed by atoms with Gasteiger partial charge in [-0.05, 0) is 31.4 Å². The fourth-order valence-corrected chi connectivity index (χ4v) is 3.13. The Balaban J connectivity index is 1.52. The van der Waals surface area contributed by atoms with Crippen LogP contribution >= 0.6 is 0 Å². The minimum absolute atomic E-state index is 0.107. The molecule has 1 aliphatic heterocycles. The quantitative estimate of drug-likeness (QED) is 0.458. The molecule has 1 aromatic rings. The molecule has 0 unspecified atom stereocenters. The number of ether oxygens (including phenoxy) is 1. The van der Waals surface area contributed by atoms with E-state index in [0.29, 0.717) is 13.0 Å². The number of imide groups is 2. The lowest BCUT2D eigenvalue weighted by Crippen LogP contribution is -2.40. The Morgan fingerprint density at radius 3 is 2.39 bits per heavy atom. The molecule has 1 aliphatic carbocycles. The van der Waals surface area contributed by atoms with Gasteiger partial charge in [0, 0.05) is 12.6 Å². The summed E-state index contributed by atoms with van der Waals surface area (Å²) in [4.78, 5) is 38.6. The third-order valence-corrected chi connectivity index (χ3v) is 4.31. The Morgan fingerprint density at radius 2 is 1.70 bits per heavy atom. The van der Waals surface area contributed by atoms with E-state index in [4.69, 9.17) is 4.74 Å². The number of urea groups is 1. The Labute approximate surface area is 135 Å². The van der Waals surface area contributed by atoms with E-state index >= 15 is 0 Å². The van der Waals surface area contributed by atoms with Gasteiger partial charge in [0.2, 0.25) is 0 Å². The highest BCUT2D eigenvalue weighted by molar-refractivity contribution is 6.44. The molecule has 3 rings (SSSR count). The Kier molecular flexibility index (Phi) is 4.60. The summed E-state index contributed by atoms with van der Waals surface area (Å²) in [7, 11) is 0. The van der Waals surface area contributed by atoms with Gasteiger partial charge in [-0.15, -0.1) is 0 Å². The Bertz CT molecular complexity index is 596. The van der Waals surface area contributed by atoms with Crippen LogP contribution in [-0.2, 0) is 9.59 Å². The van der Waals surface area contributed by atoms with Crippen LogP contribution in [0, 0.1) is 0 Å². The molecule has 1 saturated carbocycles. The molecule has 2 aliphatic rings. The van der Waals surface area contributed by atoms with Gasteiger partial charge in [-0.3, -0.25) is 19.4 Å². The van der Waals surface area contributed by atoms with Crippen LogP contribution < -0.4 is 4.74 Å². The van der Waals surface area contributed by atoms with Gasteiger partial charge in [0.1, 0.15) is 5.75 Å². The highest BCUT2D eigenvalue weighted by atomic mass is 16.5. The lowest BCUT2D eigenvalue weighted by atomic mass is 10.2. The molecule has 0 N–H and O–H groups in total. The van der Waals surface area contributed by atoms with Crippen LogP contribution in [0.4, 0.5) is 4.79 Å². The van der Waals surface area contributed by atoms with Crippen molar-refractivity contribution in [3.05, 3.63) is 30.3 Å². The third kappa shape index (κ3) is 3.21. The number of rotatable bonds is 6. The van der Waals surface area contributed by atoms with Crippen molar-refractivity contribution in [2.45, 2.75) is 38.1 Å². The molecular weight excluding hydrogens is 296 g/mol. The van der Waals surface area contributed by atoms with E-state index in [1.807, 2.05) is 30.3 Å². The second kappa shape index (κ2) is 6.81. The predicted octanol–water partition coefficient (Wildman–Crippen LogP) is 2.19. The summed E-state index contributed by atoms with van der Waals surface area (Å²) in [6.45, 7) is 0.595. The number of benzene rings is 1. The molecule has 2 fully saturated rings. The molecule has 122 valence electrons. The van der Waals surface area contributed by atoms with Crippen LogP contribution in [0.2, 0.25) is 0 Å². The van der Waals surface area contributed by atoms with Gasteiger partial charge < -0.3 is 4.74 Å². The minimum Gasteiger partial charge on any atom is -0.494 e. The molecule has 1 saturated heterocycles. The molecule has 0 spiro atoms. The van der Waals surface area contributed by atoms with Crippen molar-refractivity contribution in [2.75, 3.05) is 13.2 Å². The molecular formula is C17H20N2O4. The zero-order chi connectivity index (χ0) is 16.2. The van der Waals surface area contributed by atoms with Gasteiger partial charge in [-0.1, -0.05) is 31.0 Å². The molecule has 23 heavy (non-hydrogen) atoms. The number of hydrogen-bond donors (Lipinski definition) is 0. The largest absolute Gasteiger partial charge is 0.494 e. The summed E-state index contributed by atoms with van der Waals surface area (Å²) >= 11 is 0. The summed E-state index contributed by atoms with van der Waals surface area (Å²) < 4.78 is 5.54. The maximum absolute atomic E-state index is 12.3. The number of amides is 4. The summed E-state index contributed by atoms with van der Waals surface area (Å²) in [6, 6.07) is 8.77. The van der Waals surface area contributed by atoms with E-state index in [1.165, 1.54) is 0 Å². The molecule has 0 atom stereocenters. The lowest BCUT2D eigenvalue weighted by Gasteiger charge is -2.21. The highest BCUT2D eigenvalue weighted by Crippen LogP contribution is 2.27. The number of carbonyl (C=O) groups excluding carboxylic acids is 3. The second-order valence-electron chi connectivity index (χ2n) is 5.87. The minimum atomic E-state index is -0.707. The van der Waals surface area contributed by atoms with Crippen molar-refractivity contribution in [3.8, 4) is 5.75 Å². The van der Waals surface area contributed by atoms with E-state index in [-0.39, 0.29) is 12.6 Å². The van der Waals surface area contributed by atoms with E-state index < -0.39 is 17.8 Å². The fraction of sp³-hybridized carbons (Fsp3) is 0.471. The highest BCUT2D eigenvalue weighted by Gasteiger charge is 2.47. The second-order valence-corrected chi connectivity index (χ2v) is 5.87. The van der Waals surface area contributed by atoms with Gasteiger partial charge in [0.05, 0.1) is 6.61 Å². The van der Waals surface area contributed by atoms with Crippen molar-refractivity contribution < 1.29 is 19.1 Å². The molecule has 1 heterocycles. The van der Waals surface area contributed by atoms with Crippen molar-refractivity contribution in [2.24, 2.45) is 0 Å². The molecule has 4 amide bonds. The fourth-order valence-electron chi connectivity index (χ4n) is 3.13. The average Bonchev–Trinajstić information content (AvgIpc) is 3.15. The number of hydrogen-bond acceptors (Lipinski definition) is 4. The van der Waals surface area contributed by atoms with Crippen molar-refractivity contribution >= 4 is 17.8 Å². The third-order valence-electron chi connectivity index (χ3n) is 4.31. The Morgan fingerprint density at radius 1 is 1.00 bits per heavy atom. The number of carbonyl (C=O) groups is 3. The van der Waals surface area contributed by atoms with Crippen LogP contribution in [0.3, 0.4) is 0 Å². The topological polar surface area (TPSA) is 66.9 Å². The van der Waals surface area contributed by atoms with E-state index in [9.17, 15) is 14.4 Å². The van der Waals surface area contributed by atoms with Gasteiger partial charge in [-0.25, -0.2) is 4.79 Å². The SMILES string of the molecule is O=C1C(=O)N(C2CCCC2)C(=O)N1CCCOc1ccccc1. The standard InChI is InChI=1S/C17H20N2O4/c20-15-16(21)19(13-7-4-5-8-13)17(22)18(15)11-6-12-23-14-9-2-1-3-10-14/h1-3,9-10,13H,4-8,11-12H2. The zero-order valence-corrected chi connectivity index (χ0v) is 12.9. The molecule has 6 heteroatoms. The number of para-hydroxylation sites is 1. The monoisotopic (exact) mass is 316 g/mol. The van der Waals surface area contributed by atoms with Crippen LogP contribution in [0.15, 0.2) is 30.3 Å². The van der Waals surface area contributed by atoms with Crippen LogP contribution in [-0.4, -0.2) is 46.8 Å². The Hall–Kier alpha value is -2.37. The summed E-state index contributed by atoms with van der Waals surface area (Å²) in [6.07, 6.45) is 4.10. The smallest absolute Gasteiger partial charge is 0.334 e. The van der Waals surface area contributed by atoms with Crippen LogP contribution in [0.25, 0.3) is 0 Å². The van der Waals surface area contributed by atoms with Crippen molar-refractivity contribution in [3.63, 3.8) is 0 Å². The lowest BCUT2D eigenvalue weighted by molar-refractivity contribution is -0.144. The first kappa shape index (κ1) is 15.5. The van der Waals surface area contributed by atoms with E-state index in [1.54, 1.807) is 0 Å².